The number of nitrogens with zero attached hydrogens (tertiary/aromatic N) is 1. The van der Waals surface area contributed by atoms with E-state index in [-0.39, 0.29) is 17.9 Å². The molecule has 1 saturated carbocycles. The largest absolute Gasteiger partial charge is 0.376 e. The Labute approximate surface area is 126 Å². The van der Waals surface area contributed by atoms with Gasteiger partial charge in [0.25, 0.3) is 0 Å². The summed E-state index contributed by atoms with van der Waals surface area (Å²) < 4.78 is 5.96. The Morgan fingerprint density at radius 2 is 2.24 bits per heavy atom. The van der Waals surface area contributed by atoms with E-state index >= 15 is 0 Å². The number of hydrogen-bond acceptors (Lipinski definition) is 3. The summed E-state index contributed by atoms with van der Waals surface area (Å²) in [5.41, 5.74) is -0.438. The van der Waals surface area contributed by atoms with E-state index in [0.717, 1.165) is 38.5 Å². The fourth-order valence-electron chi connectivity index (χ4n) is 3.24. The predicted molar refractivity (Wildman–Crippen MR) is 78.6 cm³/mol. The van der Waals surface area contributed by atoms with Crippen molar-refractivity contribution in [3.8, 4) is 0 Å². The second-order valence-corrected chi connectivity index (χ2v) is 7.13. The number of likely N-dealkylation sites (tertiary alicyclic amines) is 1. The van der Waals surface area contributed by atoms with Crippen LogP contribution in [0.3, 0.4) is 0 Å². The Balaban J connectivity index is 1.54. The maximum Gasteiger partial charge on any atom is 0.230 e. The molecule has 2 heterocycles. The van der Waals surface area contributed by atoms with Crippen molar-refractivity contribution in [2.75, 3.05) is 26.2 Å². The van der Waals surface area contributed by atoms with Crippen LogP contribution in [0.2, 0.25) is 0 Å². The van der Waals surface area contributed by atoms with Crippen molar-refractivity contribution in [3.05, 3.63) is 0 Å². The highest BCUT2D eigenvalue weighted by Crippen LogP contribution is 2.32. The van der Waals surface area contributed by atoms with Gasteiger partial charge in [-0.2, -0.15) is 0 Å². The summed E-state index contributed by atoms with van der Waals surface area (Å²) in [6.07, 6.45) is 5.98. The highest BCUT2D eigenvalue weighted by atomic mass is 16.5. The van der Waals surface area contributed by atoms with Gasteiger partial charge in [0.1, 0.15) is 0 Å². The topological polar surface area (TPSA) is 58.6 Å². The minimum atomic E-state index is -0.438. The average molecular weight is 294 g/mol. The van der Waals surface area contributed by atoms with E-state index in [4.69, 9.17) is 4.74 Å². The molecular formula is C16H26N2O3. The molecule has 0 aromatic carbocycles. The van der Waals surface area contributed by atoms with Crippen LogP contribution in [0.25, 0.3) is 0 Å². The van der Waals surface area contributed by atoms with Gasteiger partial charge in [-0.15, -0.1) is 0 Å². The van der Waals surface area contributed by atoms with Crippen molar-refractivity contribution in [2.45, 2.75) is 51.6 Å². The molecule has 21 heavy (non-hydrogen) atoms. The van der Waals surface area contributed by atoms with Crippen LogP contribution in [0.15, 0.2) is 0 Å². The lowest BCUT2D eigenvalue weighted by Gasteiger charge is -2.40. The van der Waals surface area contributed by atoms with E-state index in [1.165, 1.54) is 12.8 Å². The summed E-state index contributed by atoms with van der Waals surface area (Å²) in [5.74, 6) is 1.01. The van der Waals surface area contributed by atoms with Crippen LogP contribution in [0.4, 0.5) is 0 Å². The van der Waals surface area contributed by atoms with E-state index in [2.05, 4.69) is 5.32 Å². The number of nitrogens with one attached hydrogen (secondary N) is 1. The van der Waals surface area contributed by atoms with Crippen LogP contribution in [0.1, 0.15) is 45.4 Å². The van der Waals surface area contributed by atoms with E-state index in [1.54, 1.807) is 0 Å². The summed E-state index contributed by atoms with van der Waals surface area (Å²) in [6, 6.07) is 0. The van der Waals surface area contributed by atoms with Crippen LogP contribution in [-0.2, 0) is 14.3 Å². The summed E-state index contributed by atoms with van der Waals surface area (Å²) in [5, 5.41) is 2.83. The fourth-order valence-corrected chi connectivity index (χ4v) is 3.24. The third kappa shape index (κ3) is 3.57. The number of piperidine rings is 2. The summed E-state index contributed by atoms with van der Waals surface area (Å²) in [6.45, 7) is 4.85. The predicted octanol–water partition coefficient (Wildman–Crippen LogP) is 1.32. The van der Waals surface area contributed by atoms with Gasteiger partial charge in [0.05, 0.1) is 11.5 Å². The van der Waals surface area contributed by atoms with Gasteiger partial charge >= 0.3 is 0 Å². The van der Waals surface area contributed by atoms with Gasteiger partial charge in [0.2, 0.25) is 11.8 Å². The highest BCUT2D eigenvalue weighted by molar-refractivity contribution is 5.86. The Morgan fingerprint density at radius 3 is 2.90 bits per heavy atom. The molecule has 2 amide bonds. The normalized spacial score (nSPS) is 33.7. The maximum atomic E-state index is 12.8. The van der Waals surface area contributed by atoms with E-state index in [0.29, 0.717) is 19.4 Å². The fraction of sp³-hybridized carbons (Fsp3) is 0.875. The van der Waals surface area contributed by atoms with Gasteiger partial charge in [-0.05, 0) is 44.9 Å². The van der Waals surface area contributed by atoms with Gasteiger partial charge in [0.15, 0.2) is 0 Å². The Morgan fingerprint density at radius 1 is 1.43 bits per heavy atom. The SMILES string of the molecule is C[C@]1(C(=O)N2CCC[C@@H](OCC3CC3)C2)CCC(=O)NC1. The minimum absolute atomic E-state index is 0.0598. The molecule has 0 spiro atoms. The van der Waals surface area contributed by atoms with Crippen LogP contribution in [-0.4, -0.2) is 49.1 Å². The van der Waals surface area contributed by atoms with Crippen molar-refractivity contribution < 1.29 is 14.3 Å². The van der Waals surface area contributed by atoms with Gasteiger partial charge in [0, 0.05) is 32.7 Å². The minimum Gasteiger partial charge on any atom is -0.376 e. The lowest BCUT2D eigenvalue weighted by Crippen LogP contribution is -2.54. The van der Waals surface area contributed by atoms with Crippen molar-refractivity contribution in [1.82, 2.24) is 10.2 Å². The number of rotatable bonds is 4. The first-order valence-electron chi connectivity index (χ1n) is 8.24. The molecule has 2 saturated heterocycles. The maximum absolute atomic E-state index is 12.8. The molecule has 118 valence electrons. The second kappa shape index (κ2) is 5.95. The molecule has 1 aliphatic carbocycles. The average Bonchev–Trinajstić information content (AvgIpc) is 3.32. The molecule has 0 aromatic rings. The van der Waals surface area contributed by atoms with Gasteiger partial charge in [-0.25, -0.2) is 0 Å². The molecule has 1 N–H and O–H groups in total. The molecule has 0 bridgehead atoms. The molecular weight excluding hydrogens is 268 g/mol. The number of amides is 2. The Kier molecular flexibility index (Phi) is 4.20. The van der Waals surface area contributed by atoms with Crippen molar-refractivity contribution >= 4 is 11.8 Å². The Bertz CT molecular complexity index is 410. The first-order chi connectivity index (χ1) is 10.1. The lowest BCUT2D eigenvalue weighted by atomic mass is 9.80. The molecule has 2 aliphatic heterocycles. The monoisotopic (exact) mass is 294 g/mol. The molecule has 3 fully saturated rings. The summed E-state index contributed by atoms with van der Waals surface area (Å²) in [7, 11) is 0. The first kappa shape index (κ1) is 14.8. The number of carbonyl (C=O) groups is 2. The molecule has 5 nitrogen and oxygen atoms in total. The van der Waals surface area contributed by atoms with E-state index in [1.807, 2.05) is 11.8 Å². The van der Waals surface area contributed by atoms with E-state index in [9.17, 15) is 9.59 Å². The number of carbonyl (C=O) groups excluding carboxylic acids is 2. The number of hydrogen-bond donors (Lipinski definition) is 1. The zero-order valence-electron chi connectivity index (χ0n) is 12.9. The van der Waals surface area contributed by atoms with Crippen LogP contribution in [0.5, 0.6) is 0 Å². The summed E-state index contributed by atoms with van der Waals surface area (Å²) in [4.78, 5) is 26.1. The van der Waals surface area contributed by atoms with Gasteiger partial charge in [-0.1, -0.05) is 0 Å². The standard InChI is InChI=1S/C16H26N2O3/c1-16(7-6-14(19)17-11-16)15(20)18-8-2-3-13(9-18)21-10-12-4-5-12/h12-13H,2-11H2,1H3,(H,17,19)/t13-,16+/m1/s1. The molecule has 3 rings (SSSR count). The zero-order chi connectivity index (χ0) is 14.9. The smallest absolute Gasteiger partial charge is 0.230 e. The third-order valence-corrected chi connectivity index (χ3v) is 5.03. The lowest BCUT2D eigenvalue weighted by molar-refractivity contribution is -0.148. The van der Waals surface area contributed by atoms with Crippen molar-refractivity contribution in [3.63, 3.8) is 0 Å². The molecule has 3 aliphatic rings. The van der Waals surface area contributed by atoms with Crippen LogP contribution < -0.4 is 5.32 Å². The molecule has 5 heteroatoms. The second-order valence-electron chi connectivity index (χ2n) is 7.13. The summed E-state index contributed by atoms with van der Waals surface area (Å²) >= 11 is 0. The molecule has 2 atom stereocenters. The highest BCUT2D eigenvalue weighted by Gasteiger charge is 2.41. The van der Waals surface area contributed by atoms with Crippen molar-refractivity contribution in [1.29, 1.82) is 0 Å². The van der Waals surface area contributed by atoms with Crippen LogP contribution in [0, 0.1) is 11.3 Å². The third-order valence-electron chi connectivity index (χ3n) is 5.03. The molecule has 0 radical (unpaired) electrons. The van der Waals surface area contributed by atoms with Crippen LogP contribution >= 0.6 is 0 Å². The molecule has 0 unspecified atom stereocenters. The van der Waals surface area contributed by atoms with Crippen molar-refractivity contribution in [2.24, 2.45) is 11.3 Å². The molecule has 0 aromatic heterocycles. The zero-order valence-corrected chi connectivity index (χ0v) is 12.9. The number of ether oxygens (including phenoxy) is 1. The van der Waals surface area contributed by atoms with E-state index < -0.39 is 5.41 Å². The quantitative estimate of drug-likeness (QED) is 0.851. The van der Waals surface area contributed by atoms with Gasteiger partial charge in [-0.3, -0.25) is 9.59 Å². The first-order valence-corrected chi connectivity index (χ1v) is 8.24. The Hall–Kier alpha value is -1.10. The van der Waals surface area contributed by atoms with Gasteiger partial charge < -0.3 is 15.0 Å².